The molecule has 0 amide bonds. The van der Waals surface area contributed by atoms with Gasteiger partial charge in [0.05, 0.1) is 10.9 Å². The molecule has 1 aliphatic carbocycles. The molecule has 0 aliphatic heterocycles. The number of thiocarbonyl (C=S) groups is 1. The predicted octanol–water partition coefficient (Wildman–Crippen LogP) is 2.95. The van der Waals surface area contributed by atoms with E-state index in [1.165, 1.54) is 38.4 Å². The Labute approximate surface area is 138 Å². The Morgan fingerprint density at radius 1 is 1.18 bits per heavy atom. The fraction of sp³-hybridized carbons (Fsp3) is 0.562. The first-order valence-corrected chi connectivity index (χ1v) is 10.0. The van der Waals surface area contributed by atoms with Gasteiger partial charge in [-0.25, -0.2) is 8.42 Å². The van der Waals surface area contributed by atoms with Crippen LogP contribution in [0.2, 0.25) is 0 Å². The molecule has 0 bridgehead atoms. The van der Waals surface area contributed by atoms with E-state index < -0.39 is 9.84 Å². The van der Waals surface area contributed by atoms with Gasteiger partial charge in [0.1, 0.15) is 0 Å². The largest absolute Gasteiger partial charge is 0.360 e. The van der Waals surface area contributed by atoms with Crippen molar-refractivity contribution < 1.29 is 8.42 Å². The molecule has 1 atom stereocenters. The summed E-state index contributed by atoms with van der Waals surface area (Å²) in [6, 6.07) is 7.46. The molecule has 1 aromatic carbocycles. The van der Waals surface area contributed by atoms with Gasteiger partial charge in [0.2, 0.25) is 0 Å². The summed E-state index contributed by atoms with van der Waals surface area (Å²) in [5.74, 6) is 0. The lowest BCUT2D eigenvalue weighted by Gasteiger charge is -2.26. The van der Waals surface area contributed by atoms with Gasteiger partial charge in [-0.1, -0.05) is 31.4 Å². The molecule has 0 radical (unpaired) electrons. The average molecular weight is 341 g/mol. The lowest BCUT2D eigenvalue weighted by Crippen LogP contribution is -2.43. The van der Waals surface area contributed by atoms with E-state index in [1.54, 1.807) is 12.1 Å². The maximum Gasteiger partial charge on any atom is 0.175 e. The van der Waals surface area contributed by atoms with E-state index in [9.17, 15) is 8.42 Å². The summed E-state index contributed by atoms with van der Waals surface area (Å²) in [6.07, 6.45) is 7.43. The zero-order valence-corrected chi connectivity index (χ0v) is 14.8. The van der Waals surface area contributed by atoms with E-state index in [2.05, 4.69) is 10.6 Å². The molecule has 0 saturated heterocycles. The molecule has 2 N–H and O–H groups in total. The second-order valence-electron chi connectivity index (χ2n) is 6.02. The Morgan fingerprint density at radius 3 is 2.32 bits per heavy atom. The summed E-state index contributed by atoms with van der Waals surface area (Å²) in [4.78, 5) is 0.339. The first-order chi connectivity index (χ1) is 10.4. The van der Waals surface area contributed by atoms with Gasteiger partial charge in [0.15, 0.2) is 14.9 Å². The van der Waals surface area contributed by atoms with Gasteiger partial charge in [-0.15, -0.1) is 0 Å². The standard InChI is InChI=1S/C16H24N2O2S2/c1-12(13-8-10-15(11-9-13)22(2,19)20)17-16(21)18-14-6-4-3-5-7-14/h8-12,14H,3-7H2,1-2H3,(H2,17,18,21)/t12-/m0/s1. The first-order valence-electron chi connectivity index (χ1n) is 7.73. The second kappa shape index (κ2) is 7.42. The summed E-state index contributed by atoms with van der Waals surface area (Å²) in [6.45, 7) is 2.02. The summed E-state index contributed by atoms with van der Waals surface area (Å²) in [5, 5.41) is 7.32. The molecular weight excluding hydrogens is 316 g/mol. The number of nitrogens with one attached hydrogen (secondary N) is 2. The van der Waals surface area contributed by atoms with Crippen LogP contribution in [0.5, 0.6) is 0 Å². The normalized spacial score (nSPS) is 17.7. The number of benzene rings is 1. The van der Waals surface area contributed by atoms with Crippen LogP contribution in [0, 0.1) is 0 Å². The predicted molar refractivity (Wildman–Crippen MR) is 93.7 cm³/mol. The van der Waals surface area contributed by atoms with Crippen molar-refractivity contribution in [3.8, 4) is 0 Å². The highest BCUT2D eigenvalue weighted by Gasteiger charge is 2.15. The average Bonchev–Trinajstić information content (AvgIpc) is 2.47. The molecule has 22 heavy (non-hydrogen) atoms. The molecule has 1 saturated carbocycles. The van der Waals surface area contributed by atoms with Gasteiger partial charge >= 0.3 is 0 Å². The van der Waals surface area contributed by atoms with Gasteiger partial charge in [0.25, 0.3) is 0 Å². The van der Waals surface area contributed by atoms with Crippen molar-refractivity contribution in [2.45, 2.75) is 56.0 Å². The molecule has 0 spiro atoms. The molecule has 0 heterocycles. The third kappa shape index (κ3) is 4.95. The highest BCUT2D eigenvalue weighted by molar-refractivity contribution is 7.90. The Bertz CT molecular complexity index is 606. The molecular formula is C16H24N2O2S2. The lowest BCUT2D eigenvalue weighted by atomic mass is 9.96. The van der Waals surface area contributed by atoms with Crippen molar-refractivity contribution in [3.05, 3.63) is 29.8 Å². The number of hydrogen-bond acceptors (Lipinski definition) is 3. The first kappa shape index (κ1) is 17.2. The van der Waals surface area contributed by atoms with Crippen LogP contribution in [-0.4, -0.2) is 25.8 Å². The molecule has 1 aliphatic rings. The lowest BCUT2D eigenvalue weighted by molar-refractivity contribution is 0.411. The van der Waals surface area contributed by atoms with Crippen LogP contribution in [0.25, 0.3) is 0 Å². The van der Waals surface area contributed by atoms with E-state index in [-0.39, 0.29) is 6.04 Å². The summed E-state index contributed by atoms with van der Waals surface area (Å²) in [5.41, 5.74) is 1.01. The van der Waals surface area contributed by atoms with Crippen molar-refractivity contribution in [1.82, 2.24) is 10.6 Å². The third-order valence-corrected chi connectivity index (χ3v) is 5.46. The van der Waals surface area contributed by atoms with Crippen molar-refractivity contribution in [3.63, 3.8) is 0 Å². The minimum atomic E-state index is -3.15. The molecule has 4 nitrogen and oxygen atoms in total. The van der Waals surface area contributed by atoms with Crippen molar-refractivity contribution in [2.75, 3.05) is 6.26 Å². The van der Waals surface area contributed by atoms with Crippen LogP contribution in [-0.2, 0) is 9.84 Å². The van der Waals surface area contributed by atoms with Crippen molar-refractivity contribution >= 4 is 27.2 Å². The van der Waals surface area contributed by atoms with Gasteiger partial charge < -0.3 is 10.6 Å². The Balaban J connectivity index is 1.90. The highest BCUT2D eigenvalue weighted by Crippen LogP contribution is 2.18. The van der Waals surface area contributed by atoms with Gasteiger partial charge in [-0.05, 0) is 49.7 Å². The summed E-state index contributed by atoms with van der Waals surface area (Å²) >= 11 is 5.38. The molecule has 1 aromatic rings. The maximum absolute atomic E-state index is 11.5. The van der Waals surface area contributed by atoms with Crippen LogP contribution in [0.3, 0.4) is 0 Å². The molecule has 0 aromatic heterocycles. The van der Waals surface area contributed by atoms with Gasteiger partial charge in [0, 0.05) is 12.3 Å². The zero-order valence-electron chi connectivity index (χ0n) is 13.1. The molecule has 122 valence electrons. The number of rotatable bonds is 4. The smallest absolute Gasteiger partial charge is 0.175 e. The van der Waals surface area contributed by atoms with Gasteiger partial charge in [-0.2, -0.15) is 0 Å². The zero-order chi connectivity index (χ0) is 16.2. The van der Waals surface area contributed by atoms with E-state index in [1.807, 2.05) is 19.1 Å². The Hall–Kier alpha value is -1.14. The van der Waals surface area contributed by atoms with E-state index >= 15 is 0 Å². The van der Waals surface area contributed by atoms with Crippen molar-refractivity contribution in [1.29, 1.82) is 0 Å². The number of sulfone groups is 1. The monoisotopic (exact) mass is 340 g/mol. The fourth-order valence-corrected chi connectivity index (χ4v) is 3.73. The van der Waals surface area contributed by atoms with Gasteiger partial charge in [-0.3, -0.25) is 0 Å². The quantitative estimate of drug-likeness (QED) is 0.825. The fourth-order valence-electron chi connectivity index (χ4n) is 2.76. The Kier molecular flexibility index (Phi) is 5.81. The van der Waals surface area contributed by atoms with Crippen LogP contribution in [0.4, 0.5) is 0 Å². The third-order valence-electron chi connectivity index (χ3n) is 4.10. The summed E-state index contributed by atoms with van der Waals surface area (Å²) < 4.78 is 22.9. The molecule has 6 heteroatoms. The van der Waals surface area contributed by atoms with Crippen LogP contribution < -0.4 is 10.6 Å². The topological polar surface area (TPSA) is 58.2 Å². The molecule has 1 fully saturated rings. The molecule has 2 rings (SSSR count). The van der Waals surface area contributed by atoms with Crippen LogP contribution in [0.1, 0.15) is 50.6 Å². The van der Waals surface area contributed by atoms with Crippen LogP contribution in [0.15, 0.2) is 29.2 Å². The van der Waals surface area contributed by atoms with Crippen molar-refractivity contribution in [2.24, 2.45) is 0 Å². The van der Waals surface area contributed by atoms with E-state index in [4.69, 9.17) is 12.2 Å². The van der Waals surface area contributed by atoms with E-state index in [0.717, 1.165) is 5.56 Å². The minimum Gasteiger partial charge on any atom is -0.360 e. The van der Waals surface area contributed by atoms with Crippen LogP contribution >= 0.6 is 12.2 Å². The van der Waals surface area contributed by atoms with E-state index in [0.29, 0.717) is 16.0 Å². The second-order valence-corrected chi connectivity index (χ2v) is 8.44. The maximum atomic E-state index is 11.5. The number of hydrogen-bond donors (Lipinski definition) is 2. The molecule has 0 unspecified atom stereocenters. The SMILES string of the molecule is C[C@H](NC(=S)NC1CCCCC1)c1ccc(S(C)(=O)=O)cc1. The summed E-state index contributed by atoms with van der Waals surface area (Å²) in [7, 11) is -3.15. The Morgan fingerprint density at radius 2 is 1.77 bits per heavy atom. The highest BCUT2D eigenvalue weighted by atomic mass is 32.2. The minimum absolute atomic E-state index is 0.0391.